The van der Waals surface area contributed by atoms with E-state index in [-0.39, 0.29) is 6.04 Å². The van der Waals surface area contributed by atoms with Gasteiger partial charge >= 0.3 is 0 Å². The Morgan fingerprint density at radius 1 is 1.44 bits per heavy atom. The number of hydrogen-bond acceptors (Lipinski definition) is 2. The lowest BCUT2D eigenvalue weighted by Crippen LogP contribution is -2.09. The van der Waals surface area contributed by atoms with Gasteiger partial charge in [-0.2, -0.15) is 0 Å². The van der Waals surface area contributed by atoms with Crippen LogP contribution in [0, 0.1) is 0 Å². The SMILES string of the molecule is CCCC(N)c1cc2cccc(OC)c2[nH]1. The highest BCUT2D eigenvalue weighted by Crippen LogP contribution is 2.27. The molecule has 3 N–H and O–H groups in total. The summed E-state index contributed by atoms with van der Waals surface area (Å²) in [4.78, 5) is 3.35. The Labute approximate surface area is 95.6 Å². The number of ether oxygens (including phenoxy) is 1. The van der Waals surface area contributed by atoms with Crippen molar-refractivity contribution >= 4 is 10.9 Å². The lowest BCUT2D eigenvalue weighted by molar-refractivity contribution is 0.419. The third-order valence-electron chi connectivity index (χ3n) is 2.86. The molecule has 1 unspecified atom stereocenters. The monoisotopic (exact) mass is 218 g/mol. The lowest BCUT2D eigenvalue weighted by Gasteiger charge is -2.07. The highest BCUT2D eigenvalue weighted by Gasteiger charge is 2.10. The molecule has 0 spiro atoms. The average molecular weight is 218 g/mol. The van der Waals surface area contributed by atoms with E-state index in [0.717, 1.165) is 35.2 Å². The normalized spacial score (nSPS) is 12.9. The number of aromatic nitrogens is 1. The summed E-state index contributed by atoms with van der Waals surface area (Å²) >= 11 is 0. The molecule has 3 heteroatoms. The number of H-pyrrole nitrogens is 1. The highest BCUT2D eigenvalue weighted by atomic mass is 16.5. The zero-order valence-electron chi connectivity index (χ0n) is 9.79. The van der Waals surface area contributed by atoms with Crippen molar-refractivity contribution in [2.75, 3.05) is 7.11 Å². The summed E-state index contributed by atoms with van der Waals surface area (Å²) < 4.78 is 5.31. The summed E-state index contributed by atoms with van der Waals surface area (Å²) in [5.74, 6) is 0.868. The number of fused-ring (bicyclic) bond motifs is 1. The van der Waals surface area contributed by atoms with Crippen LogP contribution in [0.3, 0.4) is 0 Å². The van der Waals surface area contributed by atoms with Gasteiger partial charge in [0.15, 0.2) is 0 Å². The molecule has 86 valence electrons. The summed E-state index contributed by atoms with van der Waals surface area (Å²) in [5.41, 5.74) is 8.21. The van der Waals surface area contributed by atoms with Crippen molar-refractivity contribution in [2.24, 2.45) is 5.73 Å². The largest absolute Gasteiger partial charge is 0.495 e. The van der Waals surface area contributed by atoms with E-state index in [9.17, 15) is 0 Å². The molecule has 2 rings (SSSR count). The minimum atomic E-state index is 0.0853. The van der Waals surface area contributed by atoms with Crippen LogP contribution in [-0.2, 0) is 0 Å². The van der Waals surface area contributed by atoms with Crippen molar-refractivity contribution in [3.63, 3.8) is 0 Å². The molecule has 0 saturated heterocycles. The Hall–Kier alpha value is -1.48. The van der Waals surface area contributed by atoms with Crippen LogP contribution in [0.1, 0.15) is 31.5 Å². The molecule has 1 heterocycles. The van der Waals surface area contributed by atoms with Crippen molar-refractivity contribution in [2.45, 2.75) is 25.8 Å². The van der Waals surface area contributed by atoms with Crippen LogP contribution < -0.4 is 10.5 Å². The van der Waals surface area contributed by atoms with Crippen molar-refractivity contribution < 1.29 is 4.74 Å². The molecule has 0 radical (unpaired) electrons. The number of benzene rings is 1. The van der Waals surface area contributed by atoms with Crippen molar-refractivity contribution in [3.8, 4) is 5.75 Å². The molecule has 1 atom stereocenters. The lowest BCUT2D eigenvalue weighted by atomic mass is 10.1. The summed E-state index contributed by atoms with van der Waals surface area (Å²) in [6.07, 6.45) is 2.09. The van der Waals surface area contributed by atoms with Gasteiger partial charge in [0.25, 0.3) is 0 Å². The third kappa shape index (κ3) is 1.91. The van der Waals surface area contributed by atoms with Crippen LogP contribution in [0.2, 0.25) is 0 Å². The van der Waals surface area contributed by atoms with Gasteiger partial charge < -0.3 is 15.5 Å². The van der Waals surface area contributed by atoms with Gasteiger partial charge in [-0.15, -0.1) is 0 Å². The van der Waals surface area contributed by atoms with E-state index in [2.05, 4.69) is 24.0 Å². The quantitative estimate of drug-likeness (QED) is 0.828. The first-order valence-corrected chi connectivity index (χ1v) is 5.67. The van der Waals surface area contributed by atoms with Crippen LogP contribution >= 0.6 is 0 Å². The van der Waals surface area contributed by atoms with Gasteiger partial charge in [-0.25, -0.2) is 0 Å². The van der Waals surface area contributed by atoms with Crippen LogP contribution in [0.15, 0.2) is 24.3 Å². The van der Waals surface area contributed by atoms with Crippen LogP contribution in [0.25, 0.3) is 10.9 Å². The van der Waals surface area contributed by atoms with Crippen LogP contribution in [-0.4, -0.2) is 12.1 Å². The average Bonchev–Trinajstić information content (AvgIpc) is 2.72. The molecule has 0 amide bonds. The molecule has 2 aromatic rings. The Kier molecular flexibility index (Phi) is 3.15. The zero-order valence-corrected chi connectivity index (χ0v) is 9.79. The van der Waals surface area contributed by atoms with E-state index >= 15 is 0 Å². The van der Waals surface area contributed by atoms with E-state index in [0.29, 0.717) is 0 Å². The third-order valence-corrected chi connectivity index (χ3v) is 2.86. The van der Waals surface area contributed by atoms with E-state index in [4.69, 9.17) is 10.5 Å². The second-order valence-electron chi connectivity index (χ2n) is 4.04. The fourth-order valence-electron chi connectivity index (χ4n) is 1.99. The molecule has 0 aliphatic carbocycles. The van der Waals surface area contributed by atoms with Gasteiger partial charge in [-0.05, 0) is 18.6 Å². The van der Waals surface area contributed by atoms with Crippen LogP contribution in [0.4, 0.5) is 0 Å². The second-order valence-corrected chi connectivity index (χ2v) is 4.04. The first kappa shape index (κ1) is 11.0. The summed E-state index contributed by atoms with van der Waals surface area (Å²) in [7, 11) is 1.68. The Morgan fingerprint density at radius 3 is 2.94 bits per heavy atom. The zero-order chi connectivity index (χ0) is 11.5. The van der Waals surface area contributed by atoms with Crippen molar-refractivity contribution in [3.05, 3.63) is 30.0 Å². The van der Waals surface area contributed by atoms with Gasteiger partial charge in [0, 0.05) is 17.1 Å². The van der Waals surface area contributed by atoms with E-state index in [1.165, 1.54) is 0 Å². The predicted molar refractivity (Wildman–Crippen MR) is 66.7 cm³/mol. The maximum Gasteiger partial charge on any atom is 0.142 e. The number of nitrogens with one attached hydrogen (secondary N) is 1. The van der Waals surface area contributed by atoms with Gasteiger partial charge in [0.1, 0.15) is 5.75 Å². The van der Waals surface area contributed by atoms with E-state index in [1.54, 1.807) is 7.11 Å². The Morgan fingerprint density at radius 2 is 2.25 bits per heavy atom. The number of nitrogens with two attached hydrogens (primary N) is 1. The van der Waals surface area contributed by atoms with E-state index < -0.39 is 0 Å². The number of aromatic amines is 1. The molecule has 0 fully saturated rings. The minimum absolute atomic E-state index is 0.0853. The molecule has 0 saturated carbocycles. The second kappa shape index (κ2) is 4.58. The maximum absolute atomic E-state index is 6.09. The predicted octanol–water partition coefficient (Wildman–Crippen LogP) is 2.98. The van der Waals surface area contributed by atoms with Crippen LogP contribution in [0.5, 0.6) is 5.75 Å². The summed E-state index contributed by atoms with van der Waals surface area (Å²) in [6, 6.07) is 8.20. The first-order chi connectivity index (χ1) is 7.76. The fraction of sp³-hybridized carbons (Fsp3) is 0.385. The number of rotatable bonds is 4. The smallest absolute Gasteiger partial charge is 0.142 e. The minimum Gasteiger partial charge on any atom is -0.495 e. The van der Waals surface area contributed by atoms with Gasteiger partial charge in [-0.3, -0.25) is 0 Å². The molecule has 3 nitrogen and oxygen atoms in total. The molecule has 0 aliphatic heterocycles. The number of para-hydroxylation sites is 1. The number of hydrogen-bond donors (Lipinski definition) is 2. The molecular weight excluding hydrogens is 200 g/mol. The Balaban J connectivity index is 2.43. The molecule has 16 heavy (non-hydrogen) atoms. The van der Waals surface area contributed by atoms with Gasteiger partial charge in [0.05, 0.1) is 12.6 Å². The summed E-state index contributed by atoms with van der Waals surface area (Å²) in [6.45, 7) is 2.14. The first-order valence-electron chi connectivity index (χ1n) is 5.67. The molecule has 0 bridgehead atoms. The maximum atomic E-state index is 6.09. The van der Waals surface area contributed by atoms with E-state index in [1.807, 2.05) is 12.1 Å². The van der Waals surface area contributed by atoms with Crippen molar-refractivity contribution in [1.29, 1.82) is 0 Å². The molecule has 1 aromatic heterocycles. The molecular formula is C13H18N2O. The Bertz CT molecular complexity index is 476. The number of methoxy groups -OCH3 is 1. The highest BCUT2D eigenvalue weighted by molar-refractivity contribution is 5.86. The fourth-order valence-corrected chi connectivity index (χ4v) is 1.99. The standard InChI is InChI=1S/C13H18N2O/c1-3-5-10(14)11-8-9-6-4-7-12(16-2)13(9)15-11/h4,6-8,10,15H,3,5,14H2,1-2H3. The summed E-state index contributed by atoms with van der Waals surface area (Å²) in [5, 5.41) is 1.15. The van der Waals surface area contributed by atoms with Gasteiger partial charge in [-0.1, -0.05) is 25.5 Å². The topological polar surface area (TPSA) is 51.0 Å². The molecule has 1 aromatic carbocycles. The van der Waals surface area contributed by atoms with Gasteiger partial charge in [0.2, 0.25) is 0 Å². The molecule has 0 aliphatic rings. The van der Waals surface area contributed by atoms with Crippen molar-refractivity contribution in [1.82, 2.24) is 4.98 Å².